The van der Waals surface area contributed by atoms with E-state index in [0.717, 1.165) is 0 Å². The summed E-state index contributed by atoms with van der Waals surface area (Å²) in [6.45, 7) is 1.28. The van der Waals surface area contributed by atoms with Crippen LogP contribution in [-0.2, 0) is 4.74 Å². The third-order valence-corrected chi connectivity index (χ3v) is 1.76. The van der Waals surface area contributed by atoms with Crippen molar-refractivity contribution in [1.29, 1.82) is 0 Å². The molecule has 0 fully saturated rings. The van der Waals surface area contributed by atoms with Gasteiger partial charge >= 0.3 is 5.97 Å². The van der Waals surface area contributed by atoms with Crippen molar-refractivity contribution in [3.05, 3.63) is 29.8 Å². The fourth-order valence-corrected chi connectivity index (χ4v) is 0.918. The van der Waals surface area contributed by atoms with Gasteiger partial charge in [0, 0.05) is 0 Å². The zero-order valence-electron chi connectivity index (χ0n) is 8.12. The van der Waals surface area contributed by atoms with E-state index in [4.69, 9.17) is 10.2 Å². The van der Waals surface area contributed by atoms with Crippen molar-refractivity contribution in [2.45, 2.75) is 19.3 Å². The number of para-hydroxylation sites is 1. The van der Waals surface area contributed by atoms with Gasteiger partial charge in [-0.1, -0.05) is 12.1 Å². The molecule has 0 aliphatic carbocycles. The Hall–Kier alpha value is -1.59. The number of aromatic hydroxyl groups is 1. The first-order valence-corrected chi connectivity index (χ1v) is 4.37. The predicted molar refractivity (Wildman–Crippen MR) is 51.2 cm³/mol. The summed E-state index contributed by atoms with van der Waals surface area (Å²) in [4.78, 5) is 11.3. The Morgan fingerprint density at radius 1 is 1.33 bits per heavy atom. The summed E-state index contributed by atoms with van der Waals surface area (Å²) in [5.41, 5.74) is -0.0581. The van der Waals surface area contributed by atoms with Gasteiger partial charge in [0.1, 0.15) is 17.4 Å². The van der Waals surface area contributed by atoms with Crippen molar-refractivity contribution in [2.24, 2.45) is 0 Å². The molecule has 0 radical (unpaired) electrons. The first-order valence-electron chi connectivity index (χ1n) is 4.37. The third-order valence-electron chi connectivity index (χ3n) is 1.76. The molecule has 5 nitrogen and oxygen atoms in total. The molecule has 0 heterocycles. The van der Waals surface area contributed by atoms with Gasteiger partial charge in [-0.2, -0.15) is 0 Å². The molecule has 0 spiro atoms. The molecule has 0 aliphatic heterocycles. The van der Waals surface area contributed by atoms with Gasteiger partial charge in [-0.3, -0.25) is 0 Å². The summed E-state index contributed by atoms with van der Waals surface area (Å²) in [6, 6.07) is 5.78. The van der Waals surface area contributed by atoms with Crippen LogP contribution in [0.3, 0.4) is 0 Å². The molecule has 15 heavy (non-hydrogen) atoms. The lowest BCUT2D eigenvalue weighted by Gasteiger charge is -2.14. The molecular weight excluding hydrogens is 200 g/mol. The standard InChI is InChI=1S/C10H12O5/c1-6(11)9(13)15-10(14)7-4-2-3-5-8(7)12/h2-6,9,11-13H,1H3. The van der Waals surface area contributed by atoms with Crippen LogP contribution in [-0.4, -0.2) is 33.7 Å². The van der Waals surface area contributed by atoms with Crippen molar-refractivity contribution in [3.8, 4) is 5.75 Å². The number of benzene rings is 1. The van der Waals surface area contributed by atoms with Crippen molar-refractivity contribution in [2.75, 3.05) is 0 Å². The highest BCUT2D eigenvalue weighted by Gasteiger charge is 2.19. The quantitative estimate of drug-likeness (QED) is 0.493. The van der Waals surface area contributed by atoms with Crippen LogP contribution in [0.5, 0.6) is 5.75 Å². The Morgan fingerprint density at radius 3 is 2.47 bits per heavy atom. The van der Waals surface area contributed by atoms with E-state index in [1.807, 2.05) is 0 Å². The van der Waals surface area contributed by atoms with E-state index in [9.17, 15) is 9.90 Å². The van der Waals surface area contributed by atoms with E-state index in [1.54, 1.807) is 12.1 Å². The maximum atomic E-state index is 11.3. The third kappa shape index (κ3) is 2.93. The normalized spacial score (nSPS) is 14.3. The van der Waals surface area contributed by atoms with Crippen LogP contribution in [0.1, 0.15) is 17.3 Å². The Labute approximate surface area is 86.5 Å². The lowest BCUT2D eigenvalue weighted by Crippen LogP contribution is -2.28. The van der Waals surface area contributed by atoms with Gasteiger partial charge in [0.05, 0.1) is 0 Å². The van der Waals surface area contributed by atoms with Gasteiger partial charge < -0.3 is 20.1 Å². The fraction of sp³-hybridized carbons (Fsp3) is 0.300. The van der Waals surface area contributed by atoms with E-state index in [0.29, 0.717) is 0 Å². The second-order valence-electron chi connectivity index (χ2n) is 3.05. The highest BCUT2D eigenvalue weighted by molar-refractivity contribution is 5.92. The average Bonchev–Trinajstić information content (AvgIpc) is 2.18. The highest BCUT2D eigenvalue weighted by Crippen LogP contribution is 2.17. The topological polar surface area (TPSA) is 87.0 Å². The van der Waals surface area contributed by atoms with Crippen LogP contribution in [0.4, 0.5) is 0 Å². The molecular formula is C10H12O5. The molecule has 3 N–H and O–H groups in total. The van der Waals surface area contributed by atoms with E-state index in [2.05, 4.69) is 4.74 Å². The Bertz CT molecular complexity index is 347. The molecule has 1 aromatic rings. The van der Waals surface area contributed by atoms with Crippen LogP contribution in [0, 0.1) is 0 Å². The Morgan fingerprint density at radius 2 is 1.93 bits per heavy atom. The fourth-order valence-electron chi connectivity index (χ4n) is 0.918. The van der Waals surface area contributed by atoms with Crippen LogP contribution in [0.2, 0.25) is 0 Å². The van der Waals surface area contributed by atoms with Gasteiger partial charge in [0.2, 0.25) is 6.29 Å². The molecule has 5 heteroatoms. The average molecular weight is 212 g/mol. The molecule has 1 rings (SSSR count). The lowest BCUT2D eigenvalue weighted by atomic mass is 10.2. The minimum Gasteiger partial charge on any atom is -0.507 e. The smallest absolute Gasteiger partial charge is 0.344 e. The van der Waals surface area contributed by atoms with E-state index >= 15 is 0 Å². The minimum absolute atomic E-state index is 0.0581. The van der Waals surface area contributed by atoms with Crippen molar-refractivity contribution >= 4 is 5.97 Å². The summed E-state index contributed by atoms with van der Waals surface area (Å²) < 4.78 is 4.49. The van der Waals surface area contributed by atoms with Gasteiger partial charge in [0.25, 0.3) is 0 Å². The molecule has 0 aliphatic rings. The number of phenolic OH excluding ortho intramolecular Hbond substituents is 1. The number of ether oxygens (including phenoxy) is 1. The second-order valence-corrected chi connectivity index (χ2v) is 3.05. The van der Waals surface area contributed by atoms with Gasteiger partial charge in [-0.15, -0.1) is 0 Å². The van der Waals surface area contributed by atoms with Crippen molar-refractivity contribution < 1.29 is 24.9 Å². The van der Waals surface area contributed by atoms with Gasteiger partial charge in [-0.25, -0.2) is 4.79 Å². The Kier molecular flexibility index (Phi) is 3.65. The monoisotopic (exact) mass is 212 g/mol. The molecule has 1 aromatic carbocycles. The number of carbonyl (C=O) groups excluding carboxylic acids is 1. The Balaban J connectivity index is 2.74. The molecule has 0 saturated heterocycles. The minimum atomic E-state index is -1.60. The SMILES string of the molecule is CC(O)C(O)OC(=O)c1ccccc1O. The first kappa shape index (κ1) is 11.5. The van der Waals surface area contributed by atoms with Gasteiger partial charge in [-0.05, 0) is 19.1 Å². The summed E-state index contributed by atoms with van der Waals surface area (Å²) in [7, 11) is 0. The van der Waals surface area contributed by atoms with Crippen LogP contribution in [0.15, 0.2) is 24.3 Å². The van der Waals surface area contributed by atoms with E-state index < -0.39 is 18.4 Å². The molecule has 0 bridgehead atoms. The number of phenols is 1. The zero-order chi connectivity index (χ0) is 11.4. The number of rotatable bonds is 3. The summed E-state index contributed by atoms with van der Waals surface area (Å²) in [5.74, 6) is -1.12. The van der Waals surface area contributed by atoms with Crippen LogP contribution in [0.25, 0.3) is 0 Å². The molecule has 0 aromatic heterocycles. The lowest BCUT2D eigenvalue weighted by molar-refractivity contribution is -0.123. The van der Waals surface area contributed by atoms with E-state index in [1.165, 1.54) is 19.1 Å². The second kappa shape index (κ2) is 4.77. The molecule has 0 saturated carbocycles. The summed E-state index contributed by atoms with van der Waals surface area (Å²) >= 11 is 0. The molecule has 2 atom stereocenters. The van der Waals surface area contributed by atoms with Gasteiger partial charge in [0.15, 0.2) is 0 Å². The maximum absolute atomic E-state index is 11.3. The number of hydrogen-bond donors (Lipinski definition) is 3. The van der Waals surface area contributed by atoms with Crippen LogP contribution >= 0.6 is 0 Å². The number of aliphatic hydroxyl groups is 2. The number of esters is 1. The van der Waals surface area contributed by atoms with E-state index in [-0.39, 0.29) is 11.3 Å². The van der Waals surface area contributed by atoms with Crippen molar-refractivity contribution in [1.82, 2.24) is 0 Å². The zero-order valence-corrected chi connectivity index (χ0v) is 8.12. The highest BCUT2D eigenvalue weighted by atomic mass is 16.6. The first-order chi connectivity index (χ1) is 7.02. The van der Waals surface area contributed by atoms with Crippen LogP contribution < -0.4 is 0 Å². The number of aliphatic hydroxyl groups excluding tert-OH is 2. The molecule has 0 amide bonds. The summed E-state index contributed by atoms with van der Waals surface area (Å²) in [6.07, 6.45) is -2.78. The number of carbonyl (C=O) groups is 1. The predicted octanol–water partition coefficient (Wildman–Crippen LogP) is 0.248. The molecule has 2 unspecified atom stereocenters. The number of hydrogen-bond acceptors (Lipinski definition) is 5. The molecule has 82 valence electrons. The van der Waals surface area contributed by atoms with Crippen molar-refractivity contribution in [3.63, 3.8) is 0 Å². The largest absolute Gasteiger partial charge is 0.507 e. The summed E-state index contributed by atoms with van der Waals surface area (Å²) in [5, 5.41) is 27.3. The maximum Gasteiger partial charge on any atom is 0.344 e.